The molecular weight excluding hydrogens is 214 g/mol. The van der Waals surface area contributed by atoms with E-state index in [0.29, 0.717) is 0 Å². The third-order valence-corrected chi connectivity index (χ3v) is 0.814. The zero-order chi connectivity index (χ0) is 9.49. The van der Waals surface area contributed by atoms with E-state index in [1.165, 1.54) is 0 Å². The van der Waals surface area contributed by atoms with Crippen LogP contribution in [0.15, 0.2) is 0 Å². The molecule has 0 amide bonds. The number of hydrogen-bond donors (Lipinski definition) is 0. The van der Waals surface area contributed by atoms with E-state index >= 15 is 0 Å². The fraction of sp³-hybridized carbons (Fsp3) is 1.00. The van der Waals surface area contributed by atoms with Gasteiger partial charge in [0, 0.05) is 0 Å². The van der Waals surface area contributed by atoms with E-state index < -0.39 is 24.4 Å². The lowest BCUT2D eigenvalue weighted by Crippen LogP contribution is -2.16. The van der Waals surface area contributed by atoms with Crippen molar-refractivity contribution in [1.29, 1.82) is 0 Å². The molecule has 0 N–H and O–H groups in total. The molecule has 0 saturated carbocycles. The zero-order valence-electron chi connectivity index (χ0n) is 5.14. The summed E-state index contributed by atoms with van der Waals surface area (Å²) in [6.45, 7) is -1.69. The van der Waals surface area contributed by atoms with E-state index in [-0.39, 0.29) is 0 Å². The molecule has 0 heterocycles. The van der Waals surface area contributed by atoms with Crippen molar-refractivity contribution < 1.29 is 22.0 Å². The molecule has 0 bridgehead atoms. The van der Waals surface area contributed by atoms with Gasteiger partial charge in [-0.25, -0.2) is 8.78 Å². The van der Waals surface area contributed by atoms with Crippen molar-refractivity contribution in [2.75, 3.05) is 13.3 Å². The van der Waals surface area contributed by atoms with E-state index in [1.54, 1.807) is 0 Å². The minimum atomic E-state index is -4.47. The van der Waals surface area contributed by atoms with Gasteiger partial charge in [-0.2, -0.15) is 13.2 Å². The molecule has 0 saturated heterocycles. The van der Waals surface area contributed by atoms with Crippen LogP contribution in [0.3, 0.4) is 0 Å². The second-order valence-electron chi connectivity index (χ2n) is 1.22. The first-order chi connectivity index (χ1) is 4.86. The predicted molar refractivity (Wildman–Crippen MR) is 33.5 cm³/mol. The van der Waals surface area contributed by atoms with Gasteiger partial charge in [0.15, 0.2) is 0 Å². The normalized spacial score (nSPS) is 10.9. The van der Waals surface area contributed by atoms with Crippen LogP contribution in [0.5, 0.6) is 0 Å². The van der Waals surface area contributed by atoms with Crippen LogP contribution in [0.1, 0.15) is 0 Å². The van der Waals surface area contributed by atoms with Crippen LogP contribution in [-0.2, 0) is 0 Å². The largest absolute Gasteiger partial charge is 0.418 e. The lowest BCUT2D eigenvalue weighted by molar-refractivity contribution is -0.115. The van der Waals surface area contributed by atoms with Crippen LogP contribution in [0.4, 0.5) is 22.0 Å². The highest BCUT2D eigenvalue weighted by atomic mass is 35.5. The predicted octanol–water partition coefficient (Wildman–Crippen LogP) is 3.28. The molecule has 0 aromatic heterocycles. The summed E-state index contributed by atoms with van der Waals surface area (Å²) in [6.07, 6.45) is -4.47. The molecule has 0 radical (unpaired) electrons. The Hall–Kier alpha value is 0.230. The summed E-state index contributed by atoms with van der Waals surface area (Å²) in [5.74, 6) is 0. The summed E-state index contributed by atoms with van der Waals surface area (Å²) >= 11 is 8.79. The number of hydrogen-bond acceptors (Lipinski definition) is 0. The van der Waals surface area contributed by atoms with Gasteiger partial charge < -0.3 is 0 Å². The average Bonchev–Trinajstić information content (AvgIpc) is 1.87. The third kappa shape index (κ3) is 13.3. The van der Waals surface area contributed by atoms with Crippen LogP contribution >= 0.6 is 23.2 Å². The lowest BCUT2D eigenvalue weighted by Gasteiger charge is -2.03. The Morgan fingerprint density at radius 3 is 1.18 bits per heavy atom. The van der Waals surface area contributed by atoms with Crippen LogP contribution in [0, 0.1) is 0 Å². The minimum absolute atomic E-state index is 0.847. The molecule has 0 unspecified atom stereocenters. The van der Waals surface area contributed by atoms with Crippen LogP contribution < -0.4 is 0 Å². The van der Waals surface area contributed by atoms with Gasteiger partial charge in [0.05, 0.1) is 0 Å². The standard InChI is InChI=1S/C2HCl2F3.C2H4F2/c3-1(4)2(5,6)7;3-1-2-4/h1H;1-2H2. The van der Waals surface area contributed by atoms with Crippen molar-refractivity contribution in [1.82, 2.24) is 0 Å². The van der Waals surface area contributed by atoms with Crippen LogP contribution in [0.2, 0.25) is 0 Å². The summed E-state index contributed by atoms with van der Waals surface area (Å²) in [5, 5.41) is 0. The number of rotatable bonds is 1. The van der Waals surface area contributed by atoms with Crippen LogP contribution in [-0.4, -0.2) is 24.4 Å². The van der Waals surface area contributed by atoms with Gasteiger partial charge in [-0.05, 0) is 0 Å². The Morgan fingerprint density at radius 2 is 1.18 bits per heavy atom. The maximum atomic E-state index is 10.9. The maximum absolute atomic E-state index is 10.9. The zero-order valence-corrected chi connectivity index (χ0v) is 6.65. The van der Waals surface area contributed by atoms with Gasteiger partial charge >= 0.3 is 6.18 Å². The molecule has 7 heteroatoms. The Bertz CT molecular complexity index is 79.0. The summed E-state index contributed by atoms with van der Waals surface area (Å²) in [6, 6.07) is 0. The van der Waals surface area contributed by atoms with Gasteiger partial charge in [-0.3, -0.25) is 0 Å². The molecule has 0 aromatic rings. The molecule has 0 fully saturated rings. The van der Waals surface area contributed by atoms with Crippen molar-refractivity contribution in [2.24, 2.45) is 0 Å². The maximum Gasteiger partial charge on any atom is 0.418 e. The molecule has 0 aliphatic rings. The molecule has 0 spiro atoms. The molecule has 11 heavy (non-hydrogen) atoms. The summed E-state index contributed by atoms with van der Waals surface area (Å²) in [4.78, 5) is -2.26. The molecular formula is C4H5Cl2F5. The fourth-order valence-corrected chi connectivity index (χ4v) is 0. The van der Waals surface area contributed by atoms with E-state index in [2.05, 4.69) is 23.2 Å². The quantitative estimate of drug-likeness (QED) is 0.468. The van der Waals surface area contributed by atoms with E-state index in [0.717, 1.165) is 0 Å². The molecule has 0 aliphatic carbocycles. The average molecular weight is 219 g/mol. The van der Waals surface area contributed by atoms with Gasteiger partial charge in [0.1, 0.15) is 13.3 Å². The van der Waals surface area contributed by atoms with Gasteiger partial charge in [0.25, 0.3) is 0 Å². The summed E-state index contributed by atoms with van der Waals surface area (Å²) < 4.78 is 53.4. The number of alkyl halides is 7. The van der Waals surface area contributed by atoms with Crippen molar-refractivity contribution in [3.05, 3.63) is 0 Å². The fourth-order valence-electron chi connectivity index (χ4n) is 0. The first kappa shape index (κ1) is 13.8. The molecule has 0 nitrogen and oxygen atoms in total. The third-order valence-electron chi connectivity index (χ3n) is 0.319. The van der Waals surface area contributed by atoms with E-state index in [4.69, 9.17) is 0 Å². The molecule has 0 atom stereocenters. The smallest absolute Gasteiger partial charge is 0.248 e. The minimum Gasteiger partial charge on any atom is -0.248 e. The van der Waals surface area contributed by atoms with Crippen LogP contribution in [0.25, 0.3) is 0 Å². The molecule has 0 aromatic carbocycles. The van der Waals surface area contributed by atoms with Gasteiger partial charge in [-0.15, -0.1) is 0 Å². The van der Waals surface area contributed by atoms with E-state index in [1.807, 2.05) is 0 Å². The monoisotopic (exact) mass is 218 g/mol. The summed E-state index contributed by atoms with van der Waals surface area (Å²) in [7, 11) is 0. The van der Waals surface area contributed by atoms with Gasteiger partial charge in [-0.1, -0.05) is 23.2 Å². The summed E-state index contributed by atoms with van der Waals surface area (Å²) in [5.41, 5.74) is 0. The van der Waals surface area contributed by atoms with Gasteiger partial charge in [0.2, 0.25) is 4.84 Å². The van der Waals surface area contributed by atoms with E-state index in [9.17, 15) is 22.0 Å². The second kappa shape index (κ2) is 6.91. The van der Waals surface area contributed by atoms with Crippen molar-refractivity contribution in [3.63, 3.8) is 0 Å². The lowest BCUT2D eigenvalue weighted by atomic mass is 10.8. The Kier molecular flexibility index (Phi) is 8.67. The highest BCUT2D eigenvalue weighted by Crippen LogP contribution is 2.26. The SMILES string of the molecule is FC(F)(F)C(Cl)Cl.FCCF. The Morgan fingerprint density at radius 1 is 1.00 bits per heavy atom. The molecule has 70 valence electrons. The topological polar surface area (TPSA) is 0 Å². The van der Waals surface area contributed by atoms with Crippen molar-refractivity contribution in [2.45, 2.75) is 11.0 Å². The molecule has 0 rings (SSSR count). The first-order valence-corrected chi connectivity index (χ1v) is 3.20. The molecule has 0 aliphatic heterocycles. The second-order valence-corrected chi connectivity index (χ2v) is 2.32. The highest BCUT2D eigenvalue weighted by molar-refractivity contribution is 6.44. The Balaban J connectivity index is 0. The Labute approximate surface area is 70.3 Å². The van der Waals surface area contributed by atoms with Crippen molar-refractivity contribution in [3.8, 4) is 0 Å². The number of halogens is 7. The first-order valence-electron chi connectivity index (χ1n) is 2.33. The van der Waals surface area contributed by atoms with Crippen molar-refractivity contribution >= 4 is 23.2 Å². The highest BCUT2D eigenvalue weighted by Gasteiger charge is 2.36.